The van der Waals surface area contributed by atoms with Gasteiger partial charge in [-0.1, -0.05) is 0 Å². The second-order valence-corrected chi connectivity index (χ2v) is 5.94. The van der Waals surface area contributed by atoms with Gasteiger partial charge in [-0.25, -0.2) is 4.98 Å². The number of nitrogens with zero attached hydrogens (tertiary/aromatic N) is 4. The number of nitrogens with two attached hydrogens (primary N) is 1. The predicted octanol–water partition coefficient (Wildman–Crippen LogP) is 1.87. The third-order valence-electron chi connectivity index (χ3n) is 4.47. The Kier molecular flexibility index (Phi) is 4.20. The summed E-state index contributed by atoms with van der Waals surface area (Å²) in [5, 5.41) is 11.4. The van der Waals surface area contributed by atoms with E-state index in [-0.39, 0.29) is 17.3 Å². The molecule has 3 rings (SSSR count). The van der Waals surface area contributed by atoms with Gasteiger partial charge >= 0.3 is 0 Å². The minimum atomic E-state index is -0.670. The summed E-state index contributed by atoms with van der Waals surface area (Å²) in [5.74, 6) is 0.247. The molecule has 1 aromatic heterocycles. The first-order valence-electron chi connectivity index (χ1n) is 7.80. The van der Waals surface area contributed by atoms with E-state index in [1.807, 2.05) is 22.6 Å². The van der Waals surface area contributed by atoms with Crippen molar-refractivity contribution in [1.82, 2.24) is 9.55 Å². The van der Waals surface area contributed by atoms with Gasteiger partial charge in [0.1, 0.15) is 11.5 Å². The summed E-state index contributed by atoms with van der Waals surface area (Å²) < 4.78 is 2.05. The van der Waals surface area contributed by atoms with E-state index in [9.17, 15) is 14.9 Å². The maximum Gasteiger partial charge on any atom is 0.293 e. The number of hydrogen-bond donors (Lipinski definition) is 1. The van der Waals surface area contributed by atoms with Crippen LogP contribution < -0.4 is 10.6 Å². The molecule has 1 fully saturated rings. The van der Waals surface area contributed by atoms with E-state index in [1.165, 1.54) is 6.07 Å². The number of imidazole rings is 1. The highest BCUT2D eigenvalue weighted by molar-refractivity contribution is 5.94. The van der Waals surface area contributed by atoms with Gasteiger partial charge in [-0.15, -0.1) is 0 Å². The standard InChI is InChI=1S/C16H19N5O3/c1-11-18-6-8-19(11)10-13-3-2-7-20(13)14-5-4-12(16(17)22)9-15(14)21(23)24/h4-6,8-9,13H,2-3,7,10H2,1H3,(H2,17,22)/t13-/m1/s1. The molecule has 1 aliphatic heterocycles. The number of aromatic nitrogens is 2. The van der Waals surface area contributed by atoms with Crippen LogP contribution in [-0.2, 0) is 6.54 Å². The number of carbonyl (C=O) groups is 1. The maximum absolute atomic E-state index is 11.4. The van der Waals surface area contributed by atoms with Gasteiger partial charge in [0.2, 0.25) is 5.91 Å². The number of primary amides is 1. The van der Waals surface area contributed by atoms with E-state index in [0.29, 0.717) is 5.69 Å². The van der Waals surface area contributed by atoms with Crippen molar-refractivity contribution in [3.8, 4) is 0 Å². The molecule has 2 N–H and O–H groups in total. The van der Waals surface area contributed by atoms with Crippen molar-refractivity contribution in [2.24, 2.45) is 5.73 Å². The van der Waals surface area contributed by atoms with Gasteiger partial charge in [0.15, 0.2) is 0 Å². The van der Waals surface area contributed by atoms with Gasteiger partial charge in [0, 0.05) is 43.2 Å². The molecule has 1 atom stereocenters. The molecule has 2 aromatic rings. The summed E-state index contributed by atoms with van der Waals surface area (Å²) in [6.45, 7) is 3.40. The molecule has 1 saturated heterocycles. The zero-order valence-corrected chi connectivity index (χ0v) is 13.4. The molecule has 0 unspecified atom stereocenters. The number of carbonyl (C=O) groups excluding carboxylic acids is 1. The van der Waals surface area contributed by atoms with Crippen molar-refractivity contribution in [3.05, 3.63) is 52.1 Å². The normalized spacial score (nSPS) is 17.2. The largest absolute Gasteiger partial charge is 0.366 e. The second kappa shape index (κ2) is 6.31. The molecule has 0 spiro atoms. The van der Waals surface area contributed by atoms with Crippen LogP contribution in [0, 0.1) is 17.0 Å². The van der Waals surface area contributed by atoms with Gasteiger partial charge in [-0.2, -0.15) is 0 Å². The maximum atomic E-state index is 11.4. The fourth-order valence-corrected chi connectivity index (χ4v) is 3.23. The number of benzene rings is 1. The Bertz CT molecular complexity index is 786. The van der Waals surface area contributed by atoms with Crippen molar-refractivity contribution in [2.75, 3.05) is 11.4 Å². The average Bonchev–Trinajstić information content (AvgIpc) is 3.16. The van der Waals surface area contributed by atoms with Crippen molar-refractivity contribution in [1.29, 1.82) is 0 Å². The molecule has 1 aromatic carbocycles. The molecule has 1 amide bonds. The molecule has 24 heavy (non-hydrogen) atoms. The zero-order chi connectivity index (χ0) is 17.3. The number of anilines is 1. The summed E-state index contributed by atoms with van der Waals surface area (Å²) in [6, 6.07) is 4.58. The lowest BCUT2D eigenvalue weighted by Gasteiger charge is -2.27. The molecule has 0 saturated carbocycles. The molecule has 0 aliphatic carbocycles. The van der Waals surface area contributed by atoms with Crippen LogP contribution in [0.5, 0.6) is 0 Å². The molecular weight excluding hydrogens is 310 g/mol. The van der Waals surface area contributed by atoms with Crippen LogP contribution >= 0.6 is 0 Å². The summed E-state index contributed by atoms with van der Waals surface area (Å²) in [6.07, 6.45) is 5.58. The second-order valence-electron chi connectivity index (χ2n) is 5.94. The number of aryl methyl sites for hydroxylation is 1. The Morgan fingerprint density at radius 2 is 2.29 bits per heavy atom. The van der Waals surface area contributed by atoms with Crippen LogP contribution in [-0.4, -0.2) is 33.0 Å². The highest BCUT2D eigenvalue weighted by Crippen LogP contribution is 2.34. The first kappa shape index (κ1) is 16.0. The molecule has 126 valence electrons. The van der Waals surface area contributed by atoms with Gasteiger partial charge in [-0.3, -0.25) is 14.9 Å². The molecule has 2 heterocycles. The van der Waals surface area contributed by atoms with Crippen LogP contribution in [0.1, 0.15) is 29.0 Å². The van der Waals surface area contributed by atoms with Crippen LogP contribution in [0.3, 0.4) is 0 Å². The van der Waals surface area contributed by atoms with Gasteiger partial charge in [-0.05, 0) is 31.9 Å². The van der Waals surface area contributed by atoms with E-state index in [4.69, 9.17) is 5.73 Å². The third kappa shape index (κ3) is 2.94. The van der Waals surface area contributed by atoms with E-state index >= 15 is 0 Å². The Morgan fingerprint density at radius 1 is 1.50 bits per heavy atom. The van der Waals surface area contributed by atoms with E-state index in [2.05, 4.69) is 4.98 Å². The van der Waals surface area contributed by atoms with Crippen LogP contribution in [0.25, 0.3) is 0 Å². The van der Waals surface area contributed by atoms with Gasteiger partial charge < -0.3 is 15.2 Å². The topological polar surface area (TPSA) is 107 Å². The lowest BCUT2D eigenvalue weighted by Crippen LogP contribution is -2.33. The molecule has 8 heteroatoms. The Balaban J connectivity index is 1.93. The quantitative estimate of drug-likeness (QED) is 0.665. The lowest BCUT2D eigenvalue weighted by atomic mass is 10.1. The SMILES string of the molecule is Cc1nccn1C[C@H]1CCCN1c1ccc(C(N)=O)cc1[N+](=O)[O-]. The first-order chi connectivity index (χ1) is 11.5. The van der Waals surface area contributed by atoms with Crippen molar-refractivity contribution in [2.45, 2.75) is 32.4 Å². The van der Waals surface area contributed by atoms with Crippen LogP contribution in [0.15, 0.2) is 30.6 Å². The molecule has 8 nitrogen and oxygen atoms in total. The smallest absolute Gasteiger partial charge is 0.293 e. The summed E-state index contributed by atoms with van der Waals surface area (Å²) in [7, 11) is 0. The first-order valence-corrected chi connectivity index (χ1v) is 7.80. The highest BCUT2D eigenvalue weighted by Gasteiger charge is 2.30. The number of nitro groups is 1. The fraction of sp³-hybridized carbons (Fsp3) is 0.375. The van der Waals surface area contributed by atoms with Crippen molar-refractivity contribution < 1.29 is 9.72 Å². The molecule has 0 bridgehead atoms. The van der Waals surface area contributed by atoms with Crippen LogP contribution in [0.4, 0.5) is 11.4 Å². The fourth-order valence-electron chi connectivity index (χ4n) is 3.23. The number of hydrogen-bond acceptors (Lipinski definition) is 5. The molecule has 0 radical (unpaired) electrons. The van der Waals surface area contributed by atoms with E-state index in [1.54, 1.807) is 18.3 Å². The van der Waals surface area contributed by atoms with Crippen molar-refractivity contribution in [3.63, 3.8) is 0 Å². The Morgan fingerprint density at radius 3 is 2.92 bits per heavy atom. The minimum Gasteiger partial charge on any atom is -0.366 e. The minimum absolute atomic E-state index is 0.0828. The summed E-state index contributed by atoms with van der Waals surface area (Å²) >= 11 is 0. The lowest BCUT2D eigenvalue weighted by molar-refractivity contribution is -0.384. The van der Waals surface area contributed by atoms with E-state index in [0.717, 1.165) is 31.8 Å². The monoisotopic (exact) mass is 329 g/mol. The molecular formula is C16H19N5O3. The highest BCUT2D eigenvalue weighted by atomic mass is 16.6. The Hall–Kier alpha value is -2.90. The zero-order valence-electron chi connectivity index (χ0n) is 13.4. The van der Waals surface area contributed by atoms with Crippen molar-refractivity contribution >= 4 is 17.3 Å². The van der Waals surface area contributed by atoms with Gasteiger partial charge in [0.25, 0.3) is 5.69 Å². The third-order valence-corrected chi connectivity index (χ3v) is 4.47. The summed E-state index contributed by atoms with van der Waals surface area (Å²) in [5.41, 5.74) is 5.83. The van der Waals surface area contributed by atoms with Crippen LogP contribution in [0.2, 0.25) is 0 Å². The Labute approximate surface area is 139 Å². The summed E-state index contributed by atoms with van der Waals surface area (Å²) in [4.78, 5) is 28.5. The number of nitro benzene ring substituents is 1. The van der Waals surface area contributed by atoms with Gasteiger partial charge in [0.05, 0.1) is 4.92 Å². The average molecular weight is 329 g/mol. The predicted molar refractivity (Wildman–Crippen MR) is 88.9 cm³/mol. The number of amides is 1. The van der Waals surface area contributed by atoms with E-state index < -0.39 is 10.8 Å². The molecule has 1 aliphatic rings. The number of rotatable bonds is 5.